The van der Waals surface area contributed by atoms with Crippen LogP contribution in [-0.4, -0.2) is 38.0 Å². The summed E-state index contributed by atoms with van der Waals surface area (Å²) >= 11 is 0. The number of hydrogen-bond donors (Lipinski definition) is 1. The highest BCUT2D eigenvalue weighted by molar-refractivity contribution is 6.04. The monoisotopic (exact) mass is 219 g/mol. The van der Waals surface area contributed by atoms with Crippen molar-refractivity contribution in [3.05, 3.63) is 29.8 Å². The molecule has 1 aromatic carbocycles. The molecule has 0 bridgehead atoms. The second-order valence-electron chi connectivity index (χ2n) is 4.33. The van der Waals surface area contributed by atoms with Crippen LogP contribution in [0.4, 0.5) is 5.69 Å². The van der Waals surface area contributed by atoms with Crippen LogP contribution in [0.15, 0.2) is 24.3 Å². The fourth-order valence-corrected chi connectivity index (χ4v) is 1.95. The minimum Gasteiger partial charge on any atom is -0.316 e. The molecule has 1 heterocycles. The van der Waals surface area contributed by atoms with Gasteiger partial charge in [-0.25, -0.2) is 0 Å². The lowest BCUT2D eigenvalue weighted by Gasteiger charge is -2.19. The van der Waals surface area contributed by atoms with E-state index in [4.69, 9.17) is 5.73 Å². The summed E-state index contributed by atoms with van der Waals surface area (Å²) in [7, 11) is 3.98. The van der Waals surface area contributed by atoms with E-state index < -0.39 is 6.04 Å². The predicted octanol–water partition coefficient (Wildman–Crippen LogP) is 0.595. The summed E-state index contributed by atoms with van der Waals surface area (Å²) in [5.74, 6) is 0.00282. The number of nitrogens with zero attached hydrogens (tertiary/aromatic N) is 2. The number of anilines is 1. The van der Waals surface area contributed by atoms with E-state index in [9.17, 15) is 4.79 Å². The van der Waals surface area contributed by atoms with Gasteiger partial charge in [0.05, 0.1) is 0 Å². The maximum atomic E-state index is 12.0. The molecule has 0 saturated heterocycles. The molecule has 0 spiro atoms. The van der Waals surface area contributed by atoms with E-state index in [0.717, 1.165) is 17.8 Å². The molecule has 4 nitrogen and oxygen atoms in total. The summed E-state index contributed by atoms with van der Waals surface area (Å²) in [6.45, 7) is 1.53. The number of nitrogens with two attached hydrogens (primary N) is 1. The largest absolute Gasteiger partial charge is 0.316 e. The number of hydrogen-bond acceptors (Lipinski definition) is 3. The van der Waals surface area contributed by atoms with Crippen LogP contribution in [0, 0.1) is 0 Å². The Morgan fingerprint density at radius 2 is 2.06 bits per heavy atom. The van der Waals surface area contributed by atoms with Gasteiger partial charge in [0.25, 0.3) is 0 Å². The smallest absolute Gasteiger partial charge is 0.248 e. The van der Waals surface area contributed by atoms with Crippen molar-refractivity contribution in [1.29, 1.82) is 0 Å². The summed E-state index contributed by atoms with van der Waals surface area (Å²) in [6.07, 6.45) is 0. The van der Waals surface area contributed by atoms with E-state index in [1.54, 1.807) is 4.90 Å². The summed E-state index contributed by atoms with van der Waals surface area (Å²) in [4.78, 5) is 15.8. The Morgan fingerprint density at radius 3 is 2.75 bits per heavy atom. The Kier molecular flexibility index (Phi) is 2.94. The van der Waals surface area contributed by atoms with E-state index in [0.29, 0.717) is 6.54 Å². The van der Waals surface area contributed by atoms with Crippen molar-refractivity contribution >= 4 is 11.6 Å². The van der Waals surface area contributed by atoms with Crippen LogP contribution in [0.5, 0.6) is 0 Å². The fourth-order valence-electron chi connectivity index (χ4n) is 1.95. The van der Waals surface area contributed by atoms with Crippen molar-refractivity contribution in [2.45, 2.75) is 6.04 Å². The highest BCUT2D eigenvalue weighted by Crippen LogP contribution is 2.33. The third-order valence-corrected chi connectivity index (χ3v) is 2.87. The van der Waals surface area contributed by atoms with Gasteiger partial charge in [-0.3, -0.25) is 4.79 Å². The molecule has 0 aliphatic carbocycles. The lowest BCUT2D eigenvalue weighted by Crippen LogP contribution is -2.36. The van der Waals surface area contributed by atoms with Crippen molar-refractivity contribution in [1.82, 2.24) is 4.90 Å². The third-order valence-electron chi connectivity index (χ3n) is 2.87. The van der Waals surface area contributed by atoms with Gasteiger partial charge in [0.2, 0.25) is 5.91 Å². The zero-order valence-corrected chi connectivity index (χ0v) is 9.68. The molecule has 0 saturated carbocycles. The molecule has 2 rings (SSSR count). The van der Waals surface area contributed by atoms with E-state index in [-0.39, 0.29) is 5.91 Å². The van der Waals surface area contributed by atoms with E-state index in [1.807, 2.05) is 38.4 Å². The summed E-state index contributed by atoms with van der Waals surface area (Å²) in [5.41, 5.74) is 7.78. The molecule has 2 N–H and O–H groups in total. The molecule has 86 valence electrons. The molecule has 4 heteroatoms. The number of likely N-dealkylation sites (N-methyl/N-ethyl adjacent to an activating group) is 1. The minimum atomic E-state index is -0.488. The maximum absolute atomic E-state index is 12.0. The molecule has 1 unspecified atom stereocenters. The molecule has 0 aromatic heterocycles. The third kappa shape index (κ3) is 1.81. The molecule has 0 fully saturated rings. The van der Waals surface area contributed by atoms with Gasteiger partial charge in [-0.05, 0) is 20.2 Å². The molecule has 1 atom stereocenters. The van der Waals surface area contributed by atoms with Gasteiger partial charge >= 0.3 is 0 Å². The second kappa shape index (κ2) is 4.23. The number of carbonyl (C=O) groups excluding carboxylic acids is 1. The van der Waals surface area contributed by atoms with Crippen molar-refractivity contribution in [3.63, 3.8) is 0 Å². The standard InChI is InChI=1S/C12H17N3O/c1-14(2)7-8-15-10-6-4-3-5-9(10)11(13)12(15)16/h3-6,11H,7-8,13H2,1-2H3. The average molecular weight is 219 g/mol. The topological polar surface area (TPSA) is 49.6 Å². The Morgan fingerprint density at radius 1 is 1.38 bits per heavy atom. The number of benzene rings is 1. The van der Waals surface area contributed by atoms with Crippen molar-refractivity contribution < 1.29 is 4.79 Å². The Hall–Kier alpha value is -1.39. The Bertz CT molecular complexity index is 403. The number of carbonyl (C=O) groups is 1. The average Bonchev–Trinajstić information content (AvgIpc) is 2.50. The lowest BCUT2D eigenvalue weighted by molar-refractivity contribution is -0.119. The van der Waals surface area contributed by atoms with Crippen molar-refractivity contribution in [2.24, 2.45) is 5.73 Å². The Labute approximate surface area is 95.6 Å². The summed E-state index contributed by atoms with van der Waals surface area (Å²) < 4.78 is 0. The highest BCUT2D eigenvalue weighted by atomic mass is 16.2. The van der Waals surface area contributed by atoms with Crippen molar-refractivity contribution in [3.8, 4) is 0 Å². The first-order chi connectivity index (χ1) is 7.61. The van der Waals surface area contributed by atoms with E-state index >= 15 is 0 Å². The quantitative estimate of drug-likeness (QED) is 0.809. The van der Waals surface area contributed by atoms with Gasteiger partial charge < -0.3 is 15.5 Å². The highest BCUT2D eigenvalue weighted by Gasteiger charge is 2.33. The second-order valence-corrected chi connectivity index (χ2v) is 4.33. The number of amides is 1. The first-order valence-electron chi connectivity index (χ1n) is 5.42. The van der Waals surface area contributed by atoms with Crippen LogP contribution >= 0.6 is 0 Å². The molecule has 16 heavy (non-hydrogen) atoms. The van der Waals surface area contributed by atoms with Crippen LogP contribution < -0.4 is 10.6 Å². The molecule has 1 aliphatic heterocycles. The number of rotatable bonds is 3. The summed E-state index contributed by atoms with van der Waals surface area (Å²) in [6, 6.07) is 7.25. The van der Waals surface area contributed by atoms with Gasteiger partial charge in [-0.1, -0.05) is 18.2 Å². The normalized spacial score (nSPS) is 19.4. The molecule has 0 radical (unpaired) electrons. The predicted molar refractivity (Wildman–Crippen MR) is 64.3 cm³/mol. The molecular weight excluding hydrogens is 202 g/mol. The number of para-hydroxylation sites is 1. The van der Waals surface area contributed by atoms with Crippen LogP contribution in [-0.2, 0) is 4.79 Å². The minimum absolute atomic E-state index is 0.00282. The van der Waals surface area contributed by atoms with Gasteiger partial charge in [0.15, 0.2) is 0 Å². The van der Waals surface area contributed by atoms with E-state index in [1.165, 1.54) is 0 Å². The maximum Gasteiger partial charge on any atom is 0.248 e. The fraction of sp³-hybridized carbons (Fsp3) is 0.417. The van der Waals surface area contributed by atoms with Gasteiger partial charge in [0.1, 0.15) is 6.04 Å². The van der Waals surface area contributed by atoms with Gasteiger partial charge in [-0.15, -0.1) is 0 Å². The zero-order valence-electron chi connectivity index (χ0n) is 9.68. The lowest BCUT2D eigenvalue weighted by atomic mass is 10.1. The zero-order chi connectivity index (χ0) is 11.7. The SMILES string of the molecule is CN(C)CCN1C(=O)C(N)c2ccccc21. The Balaban J connectivity index is 2.23. The van der Waals surface area contributed by atoms with Crippen molar-refractivity contribution in [2.75, 3.05) is 32.1 Å². The molecular formula is C12H17N3O. The molecule has 1 aromatic rings. The van der Waals surface area contributed by atoms with E-state index in [2.05, 4.69) is 4.90 Å². The first-order valence-corrected chi connectivity index (χ1v) is 5.42. The van der Waals surface area contributed by atoms with Gasteiger partial charge in [0, 0.05) is 24.3 Å². The molecule has 1 amide bonds. The van der Waals surface area contributed by atoms with Crippen LogP contribution in [0.25, 0.3) is 0 Å². The molecule has 1 aliphatic rings. The summed E-state index contributed by atoms with van der Waals surface area (Å²) in [5, 5.41) is 0. The number of fused-ring (bicyclic) bond motifs is 1. The first kappa shape index (κ1) is 11.1. The van der Waals surface area contributed by atoms with Crippen LogP contribution in [0.3, 0.4) is 0 Å². The van der Waals surface area contributed by atoms with Gasteiger partial charge in [-0.2, -0.15) is 0 Å². The van der Waals surface area contributed by atoms with Crippen LogP contribution in [0.1, 0.15) is 11.6 Å². The van der Waals surface area contributed by atoms with Crippen LogP contribution in [0.2, 0.25) is 0 Å².